The Morgan fingerprint density at radius 2 is 2.20 bits per heavy atom. The first kappa shape index (κ1) is 14.9. The second-order valence-corrected chi connectivity index (χ2v) is 7.01. The summed E-state index contributed by atoms with van der Waals surface area (Å²) in [5.74, 6) is 0. The molecule has 2 heterocycles. The summed E-state index contributed by atoms with van der Waals surface area (Å²) >= 11 is 0. The summed E-state index contributed by atoms with van der Waals surface area (Å²) in [6.45, 7) is 3.96. The molecule has 1 amide bonds. The van der Waals surface area contributed by atoms with Crippen LogP contribution in [0.3, 0.4) is 0 Å². The zero-order chi connectivity index (χ0) is 14.9. The third kappa shape index (κ3) is 2.69. The molecule has 2 rings (SSSR count). The Morgan fingerprint density at radius 3 is 2.80 bits per heavy atom. The maximum Gasteiger partial charge on any atom is 0.345 e. The molecular weight excluding hydrogens is 282 g/mol. The number of carbonyl (C=O) groups is 1. The molecule has 0 unspecified atom stereocenters. The first-order valence-corrected chi connectivity index (χ1v) is 7.78. The average molecular weight is 301 g/mol. The summed E-state index contributed by atoms with van der Waals surface area (Å²) in [5.41, 5.74) is 0. The fourth-order valence-electron chi connectivity index (χ4n) is 2.00. The number of nitrogens with one attached hydrogen (secondary N) is 1. The minimum absolute atomic E-state index is 0.0503. The number of rotatable bonds is 2. The maximum atomic E-state index is 12.3. The molecule has 1 saturated heterocycles. The summed E-state index contributed by atoms with van der Waals surface area (Å²) in [6, 6.07) is 1.08. The molecule has 0 aliphatic carbocycles. The van der Waals surface area contributed by atoms with Crippen LogP contribution in [0.4, 0.5) is 4.79 Å². The van der Waals surface area contributed by atoms with Gasteiger partial charge in [0.1, 0.15) is 0 Å². The van der Waals surface area contributed by atoms with Gasteiger partial charge in [-0.1, -0.05) is 0 Å². The smallest absolute Gasteiger partial charge is 0.318 e. The molecule has 112 valence electrons. The lowest BCUT2D eigenvalue weighted by molar-refractivity contribution is 0.163. The lowest BCUT2D eigenvalue weighted by atomic mass is 10.2. The number of hydrogen-bond acceptors (Lipinski definition) is 5. The Kier molecular flexibility index (Phi) is 4.11. The second-order valence-electron chi connectivity index (χ2n) is 4.92. The molecule has 1 fully saturated rings. The number of amides is 1. The normalized spacial score (nSPS) is 20.4. The Morgan fingerprint density at radius 1 is 1.50 bits per heavy atom. The fourth-order valence-corrected chi connectivity index (χ4v) is 2.79. The van der Waals surface area contributed by atoms with E-state index in [-0.39, 0.29) is 17.1 Å². The third-order valence-electron chi connectivity index (χ3n) is 3.25. The number of piperazine rings is 1. The second kappa shape index (κ2) is 5.51. The van der Waals surface area contributed by atoms with Crippen molar-refractivity contribution in [2.75, 3.05) is 33.7 Å². The van der Waals surface area contributed by atoms with Gasteiger partial charge in [-0.2, -0.15) is 9.78 Å². The quantitative estimate of drug-likeness (QED) is 0.788. The van der Waals surface area contributed by atoms with Crippen LogP contribution in [0.5, 0.6) is 0 Å². The van der Waals surface area contributed by atoms with Crippen molar-refractivity contribution in [3.8, 4) is 0 Å². The van der Waals surface area contributed by atoms with Crippen molar-refractivity contribution in [2.24, 2.45) is 0 Å². The van der Waals surface area contributed by atoms with Crippen molar-refractivity contribution in [2.45, 2.75) is 18.0 Å². The van der Waals surface area contributed by atoms with Crippen LogP contribution in [0.15, 0.2) is 17.3 Å². The van der Waals surface area contributed by atoms with E-state index in [9.17, 15) is 13.2 Å². The zero-order valence-corrected chi connectivity index (χ0v) is 12.6. The van der Waals surface area contributed by atoms with Crippen molar-refractivity contribution >= 4 is 16.1 Å². The van der Waals surface area contributed by atoms with E-state index < -0.39 is 10.0 Å². The standard InChI is InChI=1S/C11H19N5O3S/c1-9-8-12-5-7-15(9)11(17)16-6-4-10(13-16)20(18,19)14(2)3/h4,6,9,12H,5,7-8H2,1-3H3/t9-/m0/s1. The van der Waals surface area contributed by atoms with E-state index in [1.807, 2.05) is 6.92 Å². The van der Waals surface area contributed by atoms with Crippen molar-refractivity contribution in [3.05, 3.63) is 12.3 Å². The monoisotopic (exact) mass is 301 g/mol. The van der Waals surface area contributed by atoms with Crippen LogP contribution >= 0.6 is 0 Å². The Bertz CT molecular complexity index is 595. The van der Waals surface area contributed by atoms with Gasteiger partial charge in [0, 0.05) is 46.0 Å². The van der Waals surface area contributed by atoms with Gasteiger partial charge in [0.2, 0.25) is 0 Å². The lowest BCUT2D eigenvalue weighted by Gasteiger charge is -2.33. The molecule has 20 heavy (non-hydrogen) atoms. The van der Waals surface area contributed by atoms with E-state index in [1.165, 1.54) is 26.4 Å². The van der Waals surface area contributed by atoms with Crippen LogP contribution in [0.25, 0.3) is 0 Å². The predicted octanol–water partition coefficient (Wildman–Crippen LogP) is -0.605. The Labute approximate surface area is 118 Å². The average Bonchev–Trinajstić information content (AvgIpc) is 2.88. The molecule has 0 saturated carbocycles. The maximum absolute atomic E-state index is 12.3. The van der Waals surface area contributed by atoms with Crippen LogP contribution < -0.4 is 5.32 Å². The minimum atomic E-state index is -3.62. The van der Waals surface area contributed by atoms with E-state index in [1.54, 1.807) is 4.90 Å². The zero-order valence-electron chi connectivity index (χ0n) is 11.8. The molecule has 1 aromatic heterocycles. The SMILES string of the molecule is C[C@H]1CNCCN1C(=O)n1ccc(S(=O)(=O)N(C)C)n1. The third-order valence-corrected chi connectivity index (χ3v) is 4.96. The highest BCUT2D eigenvalue weighted by molar-refractivity contribution is 7.89. The molecule has 1 aromatic rings. The van der Waals surface area contributed by atoms with Gasteiger partial charge >= 0.3 is 6.03 Å². The number of hydrogen-bond donors (Lipinski definition) is 1. The summed E-state index contributed by atoms with van der Waals surface area (Å²) < 4.78 is 26.0. The Balaban J connectivity index is 2.23. The van der Waals surface area contributed by atoms with Gasteiger partial charge in [0.05, 0.1) is 0 Å². The number of nitrogens with zero attached hydrogens (tertiary/aromatic N) is 4. The first-order valence-electron chi connectivity index (χ1n) is 6.34. The predicted molar refractivity (Wildman–Crippen MR) is 72.9 cm³/mol. The van der Waals surface area contributed by atoms with Gasteiger partial charge in [-0.15, -0.1) is 0 Å². The van der Waals surface area contributed by atoms with Crippen LogP contribution in [0.1, 0.15) is 6.92 Å². The molecule has 0 bridgehead atoms. The van der Waals surface area contributed by atoms with E-state index >= 15 is 0 Å². The van der Waals surface area contributed by atoms with Gasteiger partial charge < -0.3 is 10.2 Å². The molecule has 1 aliphatic heterocycles. The van der Waals surface area contributed by atoms with Gasteiger partial charge in [0.15, 0.2) is 5.03 Å². The molecule has 8 nitrogen and oxygen atoms in total. The van der Waals surface area contributed by atoms with Crippen LogP contribution in [0.2, 0.25) is 0 Å². The van der Waals surface area contributed by atoms with Crippen molar-refractivity contribution in [1.29, 1.82) is 0 Å². The Hall–Kier alpha value is -1.45. The number of aromatic nitrogens is 2. The molecule has 0 aromatic carbocycles. The molecule has 1 N–H and O–H groups in total. The molecule has 1 aliphatic rings. The molecule has 0 radical (unpaired) electrons. The number of sulfonamides is 1. The van der Waals surface area contributed by atoms with Crippen molar-refractivity contribution in [1.82, 2.24) is 24.3 Å². The van der Waals surface area contributed by atoms with Gasteiger partial charge in [-0.25, -0.2) is 17.5 Å². The van der Waals surface area contributed by atoms with E-state index in [2.05, 4.69) is 10.4 Å². The van der Waals surface area contributed by atoms with E-state index in [0.717, 1.165) is 22.1 Å². The highest BCUT2D eigenvalue weighted by Gasteiger charge is 2.27. The molecular formula is C11H19N5O3S. The van der Waals surface area contributed by atoms with Crippen LogP contribution in [-0.2, 0) is 10.0 Å². The van der Waals surface area contributed by atoms with Crippen LogP contribution in [-0.4, -0.2) is 73.2 Å². The highest BCUT2D eigenvalue weighted by atomic mass is 32.2. The largest absolute Gasteiger partial charge is 0.345 e. The van der Waals surface area contributed by atoms with Gasteiger partial charge in [-0.05, 0) is 13.0 Å². The van der Waals surface area contributed by atoms with Crippen LogP contribution in [0, 0.1) is 0 Å². The molecule has 1 atom stereocenters. The molecule has 0 spiro atoms. The summed E-state index contributed by atoms with van der Waals surface area (Å²) in [5, 5.41) is 6.95. The van der Waals surface area contributed by atoms with Gasteiger partial charge in [-0.3, -0.25) is 0 Å². The summed E-state index contributed by atoms with van der Waals surface area (Å²) in [4.78, 5) is 14.0. The minimum Gasteiger partial charge on any atom is -0.318 e. The van der Waals surface area contributed by atoms with Crippen molar-refractivity contribution in [3.63, 3.8) is 0 Å². The highest BCUT2D eigenvalue weighted by Crippen LogP contribution is 2.11. The van der Waals surface area contributed by atoms with Crippen molar-refractivity contribution < 1.29 is 13.2 Å². The lowest BCUT2D eigenvalue weighted by Crippen LogP contribution is -2.53. The fraction of sp³-hybridized carbons (Fsp3) is 0.636. The summed E-state index contributed by atoms with van der Waals surface area (Å²) in [7, 11) is -0.765. The number of carbonyl (C=O) groups excluding carboxylic acids is 1. The molecule has 9 heteroatoms. The summed E-state index contributed by atoms with van der Waals surface area (Å²) in [6.07, 6.45) is 1.38. The topological polar surface area (TPSA) is 87.5 Å². The first-order chi connectivity index (χ1) is 9.34. The van der Waals surface area contributed by atoms with E-state index in [0.29, 0.717) is 6.54 Å². The van der Waals surface area contributed by atoms with Gasteiger partial charge in [0.25, 0.3) is 10.0 Å². The van der Waals surface area contributed by atoms with E-state index in [4.69, 9.17) is 0 Å².